The van der Waals surface area contributed by atoms with Gasteiger partial charge in [0, 0.05) is 26.2 Å². The molecule has 16 heavy (non-hydrogen) atoms. The van der Waals surface area contributed by atoms with E-state index in [1.54, 1.807) is 11.8 Å². The van der Waals surface area contributed by atoms with E-state index in [9.17, 15) is 4.79 Å². The number of nitrogens with zero attached hydrogens (tertiary/aromatic N) is 2. The summed E-state index contributed by atoms with van der Waals surface area (Å²) in [5.41, 5.74) is 0. The number of carbonyl (C=O) groups is 1. The summed E-state index contributed by atoms with van der Waals surface area (Å²) in [5, 5.41) is 4.16. The quantitative estimate of drug-likeness (QED) is 0.787. The maximum absolute atomic E-state index is 11.9. The molecular formula is C11H19N3OS. The molecule has 0 atom stereocenters. The summed E-state index contributed by atoms with van der Waals surface area (Å²) in [6.07, 6.45) is 4.69. The third-order valence-corrected chi connectivity index (χ3v) is 3.85. The van der Waals surface area contributed by atoms with E-state index in [1.807, 2.05) is 4.90 Å². The SMILES string of the molecule is O=C(CSC1=NCCCN1)N1CCCCC1. The molecule has 0 aliphatic carbocycles. The molecule has 5 heteroatoms. The molecule has 90 valence electrons. The maximum Gasteiger partial charge on any atom is 0.233 e. The molecule has 0 saturated carbocycles. The lowest BCUT2D eigenvalue weighted by Crippen LogP contribution is -2.37. The molecule has 4 nitrogen and oxygen atoms in total. The second-order valence-electron chi connectivity index (χ2n) is 4.20. The molecule has 2 aliphatic rings. The molecule has 1 amide bonds. The summed E-state index contributed by atoms with van der Waals surface area (Å²) in [6.45, 7) is 3.77. The molecule has 2 aliphatic heterocycles. The van der Waals surface area contributed by atoms with Gasteiger partial charge in [0.2, 0.25) is 5.91 Å². The van der Waals surface area contributed by atoms with E-state index in [0.29, 0.717) is 5.75 Å². The molecule has 1 N–H and O–H groups in total. The molecule has 0 aromatic rings. The standard InChI is InChI=1S/C11H19N3OS/c15-10(14-7-2-1-3-8-14)9-16-11-12-5-4-6-13-11/h1-9H2,(H,12,13). The highest BCUT2D eigenvalue weighted by Gasteiger charge is 2.17. The monoisotopic (exact) mass is 241 g/mol. The van der Waals surface area contributed by atoms with Gasteiger partial charge in [0.25, 0.3) is 0 Å². The summed E-state index contributed by atoms with van der Waals surface area (Å²) < 4.78 is 0. The Morgan fingerprint density at radius 1 is 1.31 bits per heavy atom. The number of likely N-dealkylation sites (tertiary alicyclic amines) is 1. The van der Waals surface area contributed by atoms with Crippen molar-refractivity contribution in [2.24, 2.45) is 4.99 Å². The molecule has 2 rings (SSSR count). The molecule has 1 fully saturated rings. The average Bonchev–Trinajstić information content (AvgIpc) is 2.38. The number of carbonyl (C=O) groups excluding carboxylic acids is 1. The Balaban J connectivity index is 1.72. The second-order valence-corrected chi connectivity index (χ2v) is 5.16. The molecule has 0 unspecified atom stereocenters. The number of amidine groups is 1. The van der Waals surface area contributed by atoms with Crippen molar-refractivity contribution in [3.63, 3.8) is 0 Å². The van der Waals surface area contributed by atoms with E-state index in [4.69, 9.17) is 0 Å². The first-order valence-electron chi connectivity index (χ1n) is 6.05. The first kappa shape index (κ1) is 11.8. The third-order valence-electron chi connectivity index (χ3n) is 2.91. The van der Waals surface area contributed by atoms with E-state index < -0.39 is 0 Å². The Kier molecular flexibility index (Phi) is 4.51. The van der Waals surface area contributed by atoms with Crippen LogP contribution in [0.25, 0.3) is 0 Å². The first-order chi connectivity index (χ1) is 7.86. The fourth-order valence-corrected chi connectivity index (χ4v) is 2.80. The third kappa shape index (κ3) is 3.40. The topological polar surface area (TPSA) is 44.7 Å². The van der Waals surface area contributed by atoms with Crippen molar-refractivity contribution in [2.45, 2.75) is 25.7 Å². The first-order valence-corrected chi connectivity index (χ1v) is 7.04. The Labute approximate surface area is 101 Å². The largest absolute Gasteiger partial charge is 0.365 e. The van der Waals surface area contributed by atoms with Crippen molar-refractivity contribution in [1.29, 1.82) is 0 Å². The van der Waals surface area contributed by atoms with Gasteiger partial charge >= 0.3 is 0 Å². The lowest BCUT2D eigenvalue weighted by atomic mass is 10.1. The number of nitrogens with one attached hydrogen (secondary N) is 1. The summed E-state index contributed by atoms with van der Waals surface area (Å²) in [5.74, 6) is 0.797. The number of aliphatic imine (C=N–C) groups is 1. The van der Waals surface area contributed by atoms with Crippen LogP contribution in [0, 0.1) is 0 Å². The number of amides is 1. The summed E-state index contributed by atoms with van der Waals surface area (Å²) in [7, 11) is 0. The van der Waals surface area contributed by atoms with Crippen LogP contribution in [0.15, 0.2) is 4.99 Å². The fourth-order valence-electron chi connectivity index (χ4n) is 1.97. The lowest BCUT2D eigenvalue weighted by molar-refractivity contribution is -0.129. The Bertz CT molecular complexity index is 274. The van der Waals surface area contributed by atoms with E-state index in [-0.39, 0.29) is 5.91 Å². The van der Waals surface area contributed by atoms with Gasteiger partial charge in [0.05, 0.1) is 5.75 Å². The van der Waals surface area contributed by atoms with E-state index >= 15 is 0 Å². The minimum atomic E-state index is 0.264. The van der Waals surface area contributed by atoms with Crippen molar-refractivity contribution in [1.82, 2.24) is 10.2 Å². The minimum Gasteiger partial charge on any atom is -0.365 e. The highest BCUT2D eigenvalue weighted by atomic mass is 32.2. The van der Waals surface area contributed by atoms with Crippen LogP contribution in [-0.2, 0) is 4.79 Å². The van der Waals surface area contributed by atoms with Gasteiger partial charge in [-0.1, -0.05) is 11.8 Å². The lowest BCUT2D eigenvalue weighted by Gasteiger charge is -2.26. The van der Waals surface area contributed by atoms with Crippen molar-refractivity contribution in [3.8, 4) is 0 Å². The van der Waals surface area contributed by atoms with Crippen molar-refractivity contribution in [3.05, 3.63) is 0 Å². The number of hydrogen-bond donors (Lipinski definition) is 1. The Hall–Kier alpha value is -0.710. The highest BCUT2D eigenvalue weighted by molar-refractivity contribution is 8.14. The van der Waals surface area contributed by atoms with Gasteiger partial charge in [-0.05, 0) is 25.7 Å². The van der Waals surface area contributed by atoms with Crippen molar-refractivity contribution >= 4 is 22.8 Å². The number of piperidine rings is 1. The van der Waals surface area contributed by atoms with Crippen LogP contribution in [0.3, 0.4) is 0 Å². The summed E-state index contributed by atoms with van der Waals surface area (Å²) in [4.78, 5) is 18.2. The van der Waals surface area contributed by atoms with Gasteiger partial charge in [-0.3, -0.25) is 9.79 Å². The smallest absolute Gasteiger partial charge is 0.233 e. The van der Waals surface area contributed by atoms with Crippen molar-refractivity contribution < 1.29 is 4.79 Å². The van der Waals surface area contributed by atoms with Crippen molar-refractivity contribution in [2.75, 3.05) is 31.9 Å². The normalized spacial score (nSPS) is 21.2. The summed E-state index contributed by atoms with van der Waals surface area (Å²) >= 11 is 1.55. The van der Waals surface area contributed by atoms with Gasteiger partial charge in [-0.25, -0.2) is 0 Å². The van der Waals surface area contributed by atoms with Crippen LogP contribution >= 0.6 is 11.8 Å². The Morgan fingerprint density at radius 3 is 2.81 bits per heavy atom. The number of thioether (sulfide) groups is 1. The Morgan fingerprint density at radius 2 is 2.12 bits per heavy atom. The zero-order chi connectivity index (χ0) is 11.2. The molecule has 1 saturated heterocycles. The van der Waals surface area contributed by atoms with Crippen LogP contribution in [0.4, 0.5) is 0 Å². The number of hydrogen-bond acceptors (Lipinski definition) is 4. The fraction of sp³-hybridized carbons (Fsp3) is 0.818. The predicted molar refractivity (Wildman–Crippen MR) is 67.8 cm³/mol. The molecule has 0 aromatic heterocycles. The van der Waals surface area contributed by atoms with Gasteiger partial charge in [-0.2, -0.15) is 0 Å². The van der Waals surface area contributed by atoms with Gasteiger partial charge in [-0.15, -0.1) is 0 Å². The van der Waals surface area contributed by atoms with Gasteiger partial charge < -0.3 is 10.2 Å². The molecule has 0 radical (unpaired) electrons. The maximum atomic E-state index is 11.9. The summed E-state index contributed by atoms with van der Waals surface area (Å²) in [6, 6.07) is 0. The molecule has 0 spiro atoms. The van der Waals surface area contributed by atoms with Crippen LogP contribution in [-0.4, -0.2) is 47.9 Å². The van der Waals surface area contributed by atoms with E-state index in [2.05, 4.69) is 10.3 Å². The highest BCUT2D eigenvalue weighted by Crippen LogP contribution is 2.12. The second kappa shape index (κ2) is 6.13. The molecule has 2 heterocycles. The van der Waals surface area contributed by atoms with Crippen LogP contribution in [0.1, 0.15) is 25.7 Å². The zero-order valence-electron chi connectivity index (χ0n) is 9.57. The van der Waals surface area contributed by atoms with E-state index in [0.717, 1.165) is 50.6 Å². The average molecular weight is 241 g/mol. The van der Waals surface area contributed by atoms with Crippen LogP contribution in [0.5, 0.6) is 0 Å². The van der Waals surface area contributed by atoms with Crippen LogP contribution < -0.4 is 5.32 Å². The predicted octanol–water partition coefficient (Wildman–Crippen LogP) is 1.08. The minimum absolute atomic E-state index is 0.264. The van der Waals surface area contributed by atoms with E-state index in [1.165, 1.54) is 6.42 Å². The van der Waals surface area contributed by atoms with Crippen LogP contribution in [0.2, 0.25) is 0 Å². The number of rotatable bonds is 2. The molecular weight excluding hydrogens is 222 g/mol. The van der Waals surface area contributed by atoms with Gasteiger partial charge in [0.1, 0.15) is 0 Å². The zero-order valence-corrected chi connectivity index (χ0v) is 10.4. The molecule has 0 aromatic carbocycles. The van der Waals surface area contributed by atoms with Gasteiger partial charge in [0.15, 0.2) is 5.17 Å². The molecule has 0 bridgehead atoms.